The lowest BCUT2D eigenvalue weighted by atomic mass is 9.80. The van der Waals surface area contributed by atoms with Crippen LogP contribution >= 0.6 is 0 Å². The molecule has 0 spiro atoms. The Morgan fingerprint density at radius 2 is 2.26 bits per heavy atom. The van der Waals surface area contributed by atoms with E-state index in [1.807, 2.05) is 4.68 Å². The van der Waals surface area contributed by atoms with Crippen LogP contribution in [0.1, 0.15) is 52.3 Å². The summed E-state index contributed by atoms with van der Waals surface area (Å²) in [4.78, 5) is 4.30. The summed E-state index contributed by atoms with van der Waals surface area (Å²) < 4.78 is 7.70. The van der Waals surface area contributed by atoms with Crippen molar-refractivity contribution < 1.29 is 9.84 Å². The zero-order chi connectivity index (χ0) is 13.9. The van der Waals surface area contributed by atoms with E-state index < -0.39 is 5.60 Å². The molecule has 1 N–H and O–H groups in total. The molecule has 19 heavy (non-hydrogen) atoms. The minimum absolute atomic E-state index is 0.220. The maximum atomic E-state index is 10.8. The fourth-order valence-corrected chi connectivity index (χ4v) is 2.82. The molecule has 2 heterocycles. The Balaban J connectivity index is 2.10. The van der Waals surface area contributed by atoms with Crippen molar-refractivity contribution in [2.24, 2.45) is 0 Å². The van der Waals surface area contributed by atoms with Gasteiger partial charge in [0.25, 0.3) is 0 Å². The van der Waals surface area contributed by atoms with Gasteiger partial charge in [0.15, 0.2) is 0 Å². The average molecular weight is 267 g/mol. The number of rotatable bonds is 5. The van der Waals surface area contributed by atoms with Gasteiger partial charge in [-0.1, -0.05) is 13.8 Å². The molecule has 1 aliphatic rings. The number of hydrogen-bond donors (Lipinski definition) is 1. The van der Waals surface area contributed by atoms with Gasteiger partial charge in [0.1, 0.15) is 12.2 Å². The number of aliphatic hydroxyl groups is 1. The van der Waals surface area contributed by atoms with Crippen molar-refractivity contribution in [1.82, 2.24) is 14.8 Å². The largest absolute Gasteiger partial charge is 0.389 e. The molecule has 0 aliphatic carbocycles. The van der Waals surface area contributed by atoms with Gasteiger partial charge in [-0.25, -0.2) is 4.98 Å². The zero-order valence-corrected chi connectivity index (χ0v) is 12.2. The molecule has 1 aromatic heterocycles. The maximum absolute atomic E-state index is 10.8. The molecular formula is C14H25N3O2. The number of aryl methyl sites for hydroxylation is 1. The standard InChI is InChI=1S/C14H25N3O2/c1-4-7-17-12(15-11-16-17)9-14(18)6-8-19-13(3,5-2)10-14/h11,18H,4-10H2,1-3H3. The smallest absolute Gasteiger partial charge is 0.138 e. The van der Waals surface area contributed by atoms with Crippen molar-refractivity contribution in [1.29, 1.82) is 0 Å². The van der Waals surface area contributed by atoms with Crippen LogP contribution in [0.2, 0.25) is 0 Å². The van der Waals surface area contributed by atoms with Gasteiger partial charge < -0.3 is 9.84 Å². The van der Waals surface area contributed by atoms with E-state index in [2.05, 4.69) is 30.9 Å². The van der Waals surface area contributed by atoms with Crippen LogP contribution in [0.3, 0.4) is 0 Å². The lowest BCUT2D eigenvalue weighted by Gasteiger charge is -2.43. The highest BCUT2D eigenvalue weighted by Crippen LogP contribution is 2.36. The van der Waals surface area contributed by atoms with Crippen molar-refractivity contribution in [3.05, 3.63) is 12.2 Å². The molecule has 1 saturated heterocycles. The third-order valence-corrected chi connectivity index (χ3v) is 4.09. The average Bonchev–Trinajstić information content (AvgIpc) is 2.76. The highest BCUT2D eigenvalue weighted by atomic mass is 16.5. The van der Waals surface area contributed by atoms with Crippen molar-refractivity contribution in [2.75, 3.05) is 6.61 Å². The molecule has 0 saturated carbocycles. The third kappa shape index (κ3) is 3.34. The third-order valence-electron chi connectivity index (χ3n) is 4.09. The fraction of sp³-hybridized carbons (Fsp3) is 0.857. The highest BCUT2D eigenvalue weighted by molar-refractivity contribution is 5.00. The summed E-state index contributed by atoms with van der Waals surface area (Å²) in [5.74, 6) is 0.879. The van der Waals surface area contributed by atoms with E-state index in [1.165, 1.54) is 0 Å². The van der Waals surface area contributed by atoms with E-state index in [0.717, 1.165) is 25.2 Å². The van der Waals surface area contributed by atoms with Gasteiger partial charge in [-0.15, -0.1) is 0 Å². The summed E-state index contributed by atoms with van der Waals surface area (Å²) in [6, 6.07) is 0. The van der Waals surface area contributed by atoms with Gasteiger partial charge in [-0.05, 0) is 19.8 Å². The lowest BCUT2D eigenvalue weighted by Crippen LogP contribution is -2.48. The van der Waals surface area contributed by atoms with Crippen LogP contribution in [0.4, 0.5) is 0 Å². The van der Waals surface area contributed by atoms with Gasteiger partial charge in [-0.2, -0.15) is 5.10 Å². The topological polar surface area (TPSA) is 60.2 Å². The molecule has 2 unspecified atom stereocenters. The Morgan fingerprint density at radius 1 is 1.47 bits per heavy atom. The Hall–Kier alpha value is -0.940. The van der Waals surface area contributed by atoms with E-state index in [1.54, 1.807) is 6.33 Å². The Labute approximate surface area is 115 Å². The van der Waals surface area contributed by atoms with Crippen molar-refractivity contribution in [2.45, 2.75) is 70.6 Å². The van der Waals surface area contributed by atoms with Gasteiger partial charge in [-0.3, -0.25) is 4.68 Å². The van der Waals surface area contributed by atoms with E-state index in [0.29, 0.717) is 25.9 Å². The molecule has 1 aliphatic heterocycles. The highest BCUT2D eigenvalue weighted by Gasteiger charge is 2.41. The van der Waals surface area contributed by atoms with E-state index in [-0.39, 0.29) is 5.60 Å². The van der Waals surface area contributed by atoms with Crippen LogP contribution in [-0.4, -0.2) is 37.7 Å². The number of aromatic nitrogens is 3. The van der Waals surface area contributed by atoms with Crippen LogP contribution in [0.25, 0.3) is 0 Å². The Bertz CT molecular complexity index is 421. The van der Waals surface area contributed by atoms with Crippen LogP contribution < -0.4 is 0 Å². The van der Waals surface area contributed by atoms with Crippen LogP contribution in [-0.2, 0) is 17.7 Å². The molecule has 0 radical (unpaired) electrons. The number of hydrogen-bond acceptors (Lipinski definition) is 4. The summed E-state index contributed by atoms with van der Waals surface area (Å²) in [5, 5.41) is 15.1. The molecule has 0 amide bonds. The molecule has 1 aromatic rings. The maximum Gasteiger partial charge on any atom is 0.138 e. The minimum atomic E-state index is -0.721. The summed E-state index contributed by atoms with van der Waals surface area (Å²) in [5.41, 5.74) is -0.940. The van der Waals surface area contributed by atoms with Gasteiger partial charge in [0, 0.05) is 25.8 Å². The molecule has 0 aromatic carbocycles. The van der Waals surface area contributed by atoms with Crippen molar-refractivity contribution in [3.8, 4) is 0 Å². The Kier molecular flexibility index (Phi) is 4.26. The minimum Gasteiger partial charge on any atom is -0.389 e. The molecule has 2 rings (SSSR count). The van der Waals surface area contributed by atoms with Crippen LogP contribution in [0, 0.1) is 0 Å². The SMILES string of the molecule is CCCn1ncnc1CC1(O)CCOC(C)(CC)C1. The molecular weight excluding hydrogens is 242 g/mol. The second-order valence-corrected chi connectivity index (χ2v) is 5.88. The second kappa shape index (κ2) is 5.59. The molecule has 2 atom stereocenters. The van der Waals surface area contributed by atoms with E-state index in [4.69, 9.17) is 4.74 Å². The molecule has 1 fully saturated rings. The van der Waals surface area contributed by atoms with Gasteiger partial charge in [0.05, 0.1) is 17.8 Å². The summed E-state index contributed by atoms with van der Waals surface area (Å²) in [6.07, 6.45) is 5.40. The molecule has 108 valence electrons. The van der Waals surface area contributed by atoms with Gasteiger partial charge in [0.2, 0.25) is 0 Å². The molecule has 5 nitrogen and oxygen atoms in total. The second-order valence-electron chi connectivity index (χ2n) is 5.88. The quantitative estimate of drug-likeness (QED) is 0.885. The van der Waals surface area contributed by atoms with E-state index in [9.17, 15) is 5.11 Å². The molecule has 5 heteroatoms. The Morgan fingerprint density at radius 3 is 2.95 bits per heavy atom. The number of nitrogens with zero attached hydrogens (tertiary/aromatic N) is 3. The van der Waals surface area contributed by atoms with Crippen molar-refractivity contribution in [3.63, 3.8) is 0 Å². The van der Waals surface area contributed by atoms with Gasteiger partial charge >= 0.3 is 0 Å². The summed E-state index contributed by atoms with van der Waals surface area (Å²) in [7, 11) is 0. The van der Waals surface area contributed by atoms with Crippen molar-refractivity contribution >= 4 is 0 Å². The first-order valence-electron chi connectivity index (χ1n) is 7.23. The van der Waals surface area contributed by atoms with Crippen LogP contribution in [0.5, 0.6) is 0 Å². The lowest BCUT2D eigenvalue weighted by molar-refractivity contribution is -0.153. The fourth-order valence-electron chi connectivity index (χ4n) is 2.82. The first kappa shape index (κ1) is 14.5. The normalized spacial score (nSPS) is 31.6. The first-order chi connectivity index (χ1) is 9.00. The number of ether oxygens (including phenoxy) is 1. The van der Waals surface area contributed by atoms with Crippen LogP contribution in [0.15, 0.2) is 6.33 Å². The zero-order valence-electron chi connectivity index (χ0n) is 12.2. The monoisotopic (exact) mass is 267 g/mol. The summed E-state index contributed by atoms with van der Waals surface area (Å²) >= 11 is 0. The summed E-state index contributed by atoms with van der Waals surface area (Å²) in [6.45, 7) is 7.76. The van der Waals surface area contributed by atoms with E-state index >= 15 is 0 Å². The molecule has 0 bridgehead atoms. The first-order valence-corrected chi connectivity index (χ1v) is 7.23. The predicted molar refractivity (Wildman–Crippen MR) is 72.8 cm³/mol. The predicted octanol–water partition coefficient (Wildman–Crippen LogP) is 1.94.